The summed E-state index contributed by atoms with van der Waals surface area (Å²) >= 11 is 0. The Morgan fingerprint density at radius 1 is 0.857 bits per heavy atom. The number of hydrogen-bond donors (Lipinski definition) is 0. The van der Waals surface area contributed by atoms with Crippen LogP contribution in [-0.2, 0) is 4.57 Å². The predicted molar refractivity (Wildman–Crippen MR) is 86.6 cm³/mol. The lowest BCUT2D eigenvalue weighted by Gasteiger charge is -2.31. The molecule has 21 heavy (non-hydrogen) atoms. The number of halogens is 1. The molecule has 0 aromatic heterocycles. The molecule has 1 saturated carbocycles. The van der Waals surface area contributed by atoms with E-state index in [0.717, 1.165) is 31.0 Å². The zero-order valence-electron chi connectivity index (χ0n) is 12.0. The van der Waals surface area contributed by atoms with Gasteiger partial charge in [-0.05, 0) is 25.0 Å². The van der Waals surface area contributed by atoms with Crippen LogP contribution in [0.4, 0.5) is 4.39 Å². The highest BCUT2D eigenvalue weighted by atomic mass is 31.2. The van der Waals surface area contributed by atoms with Crippen LogP contribution in [0.15, 0.2) is 54.6 Å². The molecule has 0 N–H and O–H groups in total. The van der Waals surface area contributed by atoms with Crippen LogP contribution < -0.4 is 10.6 Å². The van der Waals surface area contributed by atoms with Crippen LogP contribution in [0.1, 0.15) is 32.1 Å². The summed E-state index contributed by atoms with van der Waals surface area (Å²) in [5, 5.41) is 1.20. The molecule has 0 spiro atoms. The van der Waals surface area contributed by atoms with Crippen molar-refractivity contribution >= 4 is 17.8 Å². The monoisotopic (exact) mass is 302 g/mol. The van der Waals surface area contributed by atoms with Crippen molar-refractivity contribution in [2.24, 2.45) is 0 Å². The molecule has 0 radical (unpaired) electrons. The van der Waals surface area contributed by atoms with E-state index in [-0.39, 0.29) is 11.5 Å². The quantitative estimate of drug-likeness (QED) is 0.764. The van der Waals surface area contributed by atoms with Crippen LogP contribution in [0.5, 0.6) is 0 Å². The minimum absolute atomic E-state index is 0.0746. The van der Waals surface area contributed by atoms with Crippen LogP contribution in [0.2, 0.25) is 0 Å². The Bertz CT molecular complexity index is 647. The molecule has 0 amide bonds. The van der Waals surface area contributed by atoms with Crippen molar-refractivity contribution in [3.63, 3.8) is 0 Å². The lowest BCUT2D eigenvalue weighted by Crippen LogP contribution is -2.29. The molecule has 1 fully saturated rings. The van der Waals surface area contributed by atoms with Gasteiger partial charge in [0.25, 0.3) is 0 Å². The maximum Gasteiger partial charge on any atom is 0.149 e. The molecule has 2 aromatic rings. The van der Waals surface area contributed by atoms with E-state index in [4.69, 9.17) is 0 Å². The molecular weight excluding hydrogens is 282 g/mol. The number of hydrogen-bond acceptors (Lipinski definition) is 1. The van der Waals surface area contributed by atoms with Gasteiger partial charge in [-0.25, -0.2) is 4.39 Å². The van der Waals surface area contributed by atoms with Gasteiger partial charge in [0.15, 0.2) is 0 Å². The van der Waals surface area contributed by atoms with E-state index >= 15 is 0 Å². The second-order valence-electron chi connectivity index (χ2n) is 5.74. The Morgan fingerprint density at radius 2 is 1.48 bits per heavy atom. The molecule has 3 heteroatoms. The van der Waals surface area contributed by atoms with Crippen molar-refractivity contribution in [3.8, 4) is 0 Å². The third kappa shape index (κ3) is 2.70. The average Bonchev–Trinajstić information content (AvgIpc) is 2.56. The molecule has 110 valence electrons. The summed E-state index contributed by atoms with van der Waals surface area (Å²) in [6.07, 6.45) is 5.25. The topological polar surface area (TPSA) is 17.1 Å². The maximum atomic E-state index is 14.4. The third-order valence-corrected chi connectivity index (χ3v) is 8.13. The molecule has 0 aliphatic heterocycles. The van der Waals surface area contributed by atoms with Gasteiger partial charge in [0.2, 0.25) is 0 Å². The van der Waals surface area contributed by atoms with E-state index in [1.807, 2.05) is 30.3 Å². The van der Waals surface area contributed by atoms with E-state index in [2.05, 4.69) is 0 Å². The molecule has 0 heterocycles. The van der Waals surface area contributed by atoms with Gasteiger partial charge in [0.1, 0.15) is 13.0 Å². The minimum Gasteiger partial charge on any atom is -0.313 e. The Kier molecular flexibility index (Phi) is 4.26. The largest absolute Gasteiger partial charge is 0.313 e. The average molecular weight is 302 g/mol. The van der Waals surface area contributed by atoms with Crippen LogP contribution in [-0.4, -0.2) is 5.66 Å². The van der Waals surface area contributed by atoms with E-state index in [1.54, 1.807) is 18.2 Å². The Labute approximate surface area is 125 Å². The standard InChI is InChI=1S/C18H20FOP/c19-17-13-7-8-14-18(17)21(20,15-9-3-1-4-10-15)16-11-5-2-6-12-16/h1,3-4,7-10,13-14,16H,2,5-6,11-12H2. The first-order valence-corrected chi connectivity index (χ1v) is 9.41. The Balaban J connectivity index is 2.15. The van der Waals surface area contributed by atoms with Crippen molar-refractivity contribution in [2.45, 2.75) is 37.8 Å². The van der Waals surface area contributed by atoms with Crippen LogP contribution >= 0.6 is 7.14 Å². The molecule has 0 bridgehead atoms. The summed E-state index contributed by atoms with van der Waals surface area (Å²) in [6.45, 7) is 0. The highest BCUT2D eigenvalue weighted by molar-refractivity contribution is 7.79. The van der Waals surface area contributed by atoms with Crippen molar-refractivity contribution in [1.29, 1.82) is 0 Å². The SMILES string of the molecule is O=P(c1ccccc1)(c1ccccc1F)C1CCCCC1. The van der Waals surface area contributed by atoms with Crippen LogP contribution in [0.25, 0.3) is 0 Å². The minimum atomic E-state index is -2.91. The first-order chi connectivity index (χ1) is 10.2. The number of benzene rings is 2. The van der Waals surface area contributed by atoms with E-state index < -0.39 is 7.14 Å². The summed E-state index contributed by atoms with van der Waals surface area (Å²) in [6, 6.07) is 16.1. The maximum absolute atomic E-state index is 14.4. The van der Waals surface area contributed by atoms with Crippen molar-refractivity contribution in [3.05, 3.63) is 60.4 Å². The van der Waals surface area contributed by atoms with Crippen molar-refractivity contribution in [2.75, 3.05) is 0 Å². The molecule has 1 nitrogen and oxygen atoms in total. The van der Waals surface area contributed by atoms with E-state index in [0.29, 0.717) is 5.30 Å². The third-order valence-electron chi connectivity index (χ3n) is 4.44. The number of rotatable bonds is 3. The molecule has 1 unspecified atom stereocenters. The lowest BCUT2D eigenvalue weighted by molar-refractivity contribution is 0.489. The van der Waals surface area contributed by atoms with Crippen molar-refractivity contribution in [1.82, 2.24) is 0 Å². The van der Waals surface area contributed by atoms with Crippen LogP contribution in [0, 0.1) is 5.82 Å². The zero-order valence-corrected chi connectivity index (χ0v) is 12.9. The fourth-order valence-electron chi connectivity index (χ4n) is 3.36. The summed E-state index contributed by atoms with van der Waals surface area (Å²) in [4.78, 5) is 0. The molecule has 1 aliphatic carbocycles. The highest BCUT2D eigenvalue weighted by Gasteiger charge is 2.38. The molecular formula is C18H20FOP. The lowest BCUT2D eigenvalue weighted by atomic mass is 10.0. The first-order valence-electron chi connectivity index (χ1n) is 7.63. The van der Waals surface area contributed by atoms with Gasteiger partial charge >= 0.3 is 0 Å². The normalized spacial score (nSPS) is 19.1. The van der Waals surface area contributed by atoms with Gasteiger partial charge in [-0.3, -0.25) is 0 Å². The predicted octanol–water partition coefficient (Wildman–Crippen LogP) is 4.47. The van der Waals surface area contributed by atoms with E-state index in [1.165, 1.54) is 12.5 Å². The molecule has 0 saturated heterocycles. The fraction of sp³-hybridized carbons (Fsp3) is 0.333. The van der Waals surface area contributed by atoms with Gasteiger partial charge in [0, 0.05) is 11.0 Å². The van der Waals surface area contributed by atoms with Gasteiger partial charge < -0.3 is 4.57 Å². The van der Waals surface area contributed by atoms with Gasteiger partial charge in [-0.2, -0.15) is 0 Å². The summed E-state index contributed by atoms with van der Waals surface area (Å²) in [5.41, 5.74) is 0.0746. The van der Waals surface area contributed by atoms with Gasteiger partial charge in [-0.1, -0.05) is 61.7 Å². The second kappa shape index (κ2) is 6.15. The first kappa shape index (κ1) is 14.5. The van der Waals surface area contributed by atoms with Gasteiger partial charge in [-0.15, -0.1) is 0 Å². The Morgan fingerprint density at radius 3 is 2.14 bits per heavy atom. The van der Waals surface area contributed by atoms with Gasteiger partial charge in [0.05, 0.1) is 5.30 Å². The summed E-state index contributed by atoms with van der Waals surface area (Å²) < 4.78 is 28.3. The summed E-state index contributed by atoms with van der Waals surface area (Å²) in [7, 11) is -2.91. The zero-order chi connectivity index (χ0) is 14.7. The smallest absolute Gasteiger partial charge is 0.149 e. The molecule has 3 rings (SSSR count). The highest BCUT2D eigenvalue weighted by Crippen LogP contribution is 2.54. The molecule has 2 aromatic carbocycles. The summed E-state index contributed by atoms with van der Waals surface area (Å²) in [5.74, 6) is -0.338. The molecule has 1 atom stereocenters. The van der Waals surface area contributed by atoms with Crippen molar-refractivity contribution < 1.29 is 8.96 Å². The molecule has 1 aliphatic rings. The fourth-order valence-corrected chi connectivity index (χ4v) is 6.86. The van der Waals surface area contributed by atoms with E-state index in [9.17, 15) is 8.96 Å². The second-order valence-corrected chi connectivity index (χ2v) is 8.78. The van der Waals surface area contributed by atoms with Crippen LogP contribution in [0.3, 0.4) is 0 Å². The Hall–Kier alpha value is -1.40.